The lowest BCUT2D eigenvalue weighted by molar-refractivity contribution is -0.132. The van der Waals surface area contributed by atoms with E-state index in [4.69, 9.17) is 0 Å². The minimum absolute atomic E-state index is 0.175. The Bertz CT molecular complexity index is 927. The molecule has 0 spiro atoms. The van der Waals surface area contributed by atoms with E-state index in [1.807, 2.05) is 29.2 Å². The van der Waals surface area contributed by atoms with Crippen LogP contribution in [0.25, 0.3) is 0 Å². The Balaban J connectivity index is 1.23. The quantitative estimate of drug-likeness (QED) is 0.516. The monoisotopic (exact) mass is 434 g/mol. The van der Waals surface area contributed by atoms with E-state index < -0.39 is 11.7 Å². The van der Waals surface area contributed by atoms with Crippen LogP contribution >= 0.6 is 0 Å². The van der Waals surface area contributed by atoms with E-state index in [2.05, 4.69) is 9.88 Å². The van der Waals surface area contributed by atoms with E-state index in [9.17, 15) is 14.4 Å². The van der Waals surface area contributed by atoms with Gasteiger partial charge in [0, 0.05) is 57.4 Å². The van der Waals surface area contributed by atoms with Gasteiger partial charge >= 0.3 is 0 Å². The van der Waals surface area contributed by atoms with Crippen LogP contribution in [-0.4, -0.2) is 71.6 Å². The number of carbonyl (C=O) groups excluding carboxylic acids is 3. The first-order valence-electron chi connectivity index (χ1n) is 11.4. The zero-order chi connectivity index (χ0) is 22.3. The van der Waals surface area contributed by atoms with Crippen molar-refractivity contribution in [3.8, 4) is 0 Å². The Morgan fingerprint density at radius 1 is 0.875 bits per heavy atom. The van der Waals surface area contributed by atoms with Crippen LogP contribution in [0, 0.1) is 5.92 Å². The number of hydrogen-bond donors (Lipinski definition) is 0. The Kier molecular flexibility index (Phi) is 7.14. The SMILES string of the molecule is O=C(C(=O)N1CCCC(CCC(=O)N2CCN(c3ccccn3)CC2)C1)c1ccccc1. The average molecular weight is 435 g/mol. The van der Waals surface area contributed by atoms with Gasteiger partial charge in [0.15, 0.2) is 0 Å². The van der Waals surface area contributed by atoms with Crippen molar-refractivity contribution < 1.29 is 14.4 Å². The van der Waals surface area contributed by atoms with Crippen molar-refractivity contribution in [1.82, 2.24) is 14.8 Å². The highest BCUT2D eigenvalue weighted by atomic mass is 16.2. The van der Waals surface area contributed by atoms with Crippen LogP contribution in [0.3, 0.4) is 0 Å². The molecule has 0 radical (unpaired) electrons. The van der Waals surface area contributed by atoms with Gasteiger partial charge in [-0.05, 0) is 37.3 Å². The molecule has 1 aromatic carbocycles. The normalized spacial score (nSPS) is 19.0. The molecule has 3 heterocycles. The number of likely N-dealkylation sites (tertiary alicyclic amines) is 1. The van der Waals surface area contributed by atoms with Crippen molar-refractivity contribution in [3.05, 3.63) is 60.3 Å². The molecule has 7 heteroatoms. The number of hydrogen-bond acceptors (Lipinski definition) is 5. The fourth-order valence-corrected chi connectivity index (χ4v) is 4.55. The third-order valence-electron chi connectivity index (χ3n) is 6.41. The van der Waals surface area contributed by atoms with Crippen molar-refractivity contribution in [2.75, 3.05) is 44.2 Å². The molecule has 0 aliphatic carbocycles. The van der Waals surface area contributed by atoms with Gasteiger partial charge in [0.25, 0.3) is 5.91 Å². The van der Waals surface area contributed by atoms with Crippen molar-refractivity contribution in [2.24, 2.45) is 5.92 Å². The summed E-state index contributed by atoms with van der Waals surface area (Å²) in [4.78, 5) is 48.1. The number of pyridine rings is 1. The molecular formula is C25H30N4O3. The van der Waals surface area contributed by atoms with Crippen molar-refractivity contribution >= 4 is 23.4 Å². The minimum Gasteiger partial charge on any atom is -0.353 e. The summed E-state index contributed by atoms with van der Waals surface area (Å²) >= 11 is 0. The maximum Gasteiger partial charge on any atom is 0.294 e. The van der Waals surface area contributed by atoms with Crippen LogP contribution < -0.4 is 4.90 Å². The number of piperidine rings is 1. The molecule has 7 nitrogen and oxygen atoms in total. The zero-order valence-electron chi connectivity index (χ0n) is 18.4. The first kappa shape index (κ1) is 22.0. The molecule has 0 bridgehead atoms. The summed E-state index contributed by atoms with van der Waals surface area (Å²) < 4.78 is 0. The van der Waals surface area contributed by atoms with Gasteiger partial charge < -0.3 is 14.7 Å². The van der Waals surface area contributed by atoms with E-state index in [1.165, 1.54) is 0 Å². The number of aromatic nitrogens is 1. The molecular weight excluding hydrogens is 404 g/mol. The van der Waals surface area contributed by atoms with Crippen LogP contribution in [0.4, 0.5) is 5.82 Å². The lowest BCUT2D eigenvalue weighted by Gasteiger charge is -2.36. The predicted octanol–water partition coefficient (Wildman–Crippen LogP) is 2.63. The molecule has 1 unspecified atom stereocenters. The molecule has 4 rings (SSSR count). The average Bonchev–Trinajstić information content (AvgIpc) is 2.87. The van der Waals surface area contributed by atoms with E-state index in [-0.39, 0.29) is 11.8 Å². The van der Waals surface area contributed by atoms with E-state index >= 15 is 0 Å². The number of anilines is 1. The molecule has 168 valence electrons. The van der Waals surface area contributed by atoms with Crippen LogP contribution in [0.2, 0.25) is 0 Å². The second kappa shape index (κ2) is 10.4. The molecule has 2 aliphatic rings. The second-order valence-electron chi connectivity index (χ2n) is 8.55. The molecule has 0 saturated carbocycles. The summed E-state index contributed by atoms with van der Waals surface area (Å²) in [6.07, 6.45) is 4.89. The number of carbonyl (C=O) groups is 3. The fourth-order valence-electron chi connectivity index (χ4n) is 4.55. The number of benzene rings is 1. The summed E-state index contributed by atoms with van der Waals surface area (Å²) in [5.74, 6) is 0.507. The molecule has 1 atom stereocenters. The number of rotatable bonds is 6. The van der Waals surface area contributed by atoms with Gasteiger partial charge in [-0.25, -0.2) is 4.98 Å². The third kappa shape index (κ3) is 5.33. The van der Waals surface area contributed by atoms with Gasteiger partial charge in [0.05, 0.1) is 0 Å². The lowest BCUT2D eigenvalue weighted by atomic mass is 9.92. The third-order valence-corrected chi connectivity index (χ3v) is 6.41. The van der Waals surface area contributed by atoms with Crippen molar-refractivity contribution in [1.29, 1.82) is 0 Å². The highest BCUT2D eigenvalue weighted by molar-refractivity contribution is 6.42. The van der Waals surface area contributed by atoms with Gasteiger partial charge in [-0.2, -0.15) is 0 Å². The first-order chi connectivity index (χ1) is 15.6. The second-order valence-corrected chi connectivity index (χ2v) is 8.55. The lowest BCUT2D eigenvalue weighted by Crippen LogP contribution is -2.49. The van der Waals surface area contributed by atoms with Crippen LogP contribution in [0.15, 0.2) is 54.7 Å². The topological polar surface area (TPSA) is 73.8 Å². The Hall–Kier alpha value is -3.22. The number of Topliss-reactive ketones (excluding diaryl/α,β-unsaturated/α-hetero) is 1. The first-order valence-corrected chi connectivity index (χ1v) is 11.4. The van der Waals surface area contributed by atoms with E-state index in [0.717, 1.165) is 38.2 Å². The van der Waals surface area contributed by atoms with Crippen LogP contribution in [-0.2, 0) is 9.59 Å². The van der Waals surface area contributed by atoms with Crippen LogP contribution in [0.5, 0.6) is 0 Å². The highest BCUT2D eigenvalue weighted by Crippen LogP contribution is 2.23. The molecule has 1 aromatic heterocycles. The van der Waals surface area contributed by atoms with Gasteiger partial charge in [-0.3, -0.25) is 14.4 Å². The number of amides is 2. The Morgan fingerprint density at radius 3 is 2.34 bits per heavy atom. The molecule has 2 aromatic rings. The Labute approximate surface area is 189 Å². The standard InChI is InChI=1S/C25H30N4O3/c30-23(28-17-15-27(16-18-28)22-10-4-5-13-26-22)12-11-20-7-6-14-29(19-20)25(32)24(31)21-8-2-1-3-9-21/h1-5,8-10,13,20H,6-7,11-12,14-19H2. The smallest absolute Gasteiger partial charge is 0.294 e. The fraction of sp³-hybridized carbons (Fsp3) is 0.440. The van der Waals surface area contributed by atoms with Crippen molar-refractivity contribution in [3.63, 3.8) is 0 Å². The summed E-state index contributed by atoms with van der Waals surface area (Å²) in [5.41, 5.74) is 0.430. The van der Waals surface area contributed by atoms with Crippen molar-refractivity contribution in [2.45, 2.75) is 25.7 Å². The maximum atomic E-state index is 12.7. The van der Waals surface area contributed by atoms with Gasteiger partial charge in [-0.15, -0.1) is 0 Å². The molecule has 0 N–H and O–H groups in total. The zero-order valence-corrected chi connectivity index (χ0v) is 18.4. The summed E-state index contributed by atoms with van der Waals surface area (Å²) in [6, 6.07) is 14.6. The van der Waals surface area contributed by atoms with E-state index in [1.54, 1.807) is 35.4 Å². The van der Waals surface area contributed by atoms with Gasteiger partial charge in [0.2, 0.25) is 11.7 Å². The van der Waals surface area contributed by atoms with Crippen LogP contribution in [0.1, 0.15) is 36.0 Å². The highest BCUT2D eigenvalue weighted by Gasteiger charge is 2.29. The summed E-state index contributed by atoms with van der Waals surface area (Å²) in [6.45, 7) is 4.15. The van der Waals surface area contributed by atoms with Gasteiger partial charge in [0.1, 0.15) is 5.82 Å². The predicted molar refractivity (Wildman–Crippen MR) is 122 cm³/mol. The number of piperazine rings is 1. The number of nitrogens with zero attached hydrogens (tertiary/aromatic N) is 4. The van der Waals surface area contributed by atoms with Gasteiger partial charge in [-0.1, -0.05) is 36.4 Å². The maximum absolute atomic E-state index is 12.7. The Morgan fingerprint density at radius 2 is 1.62 bits per heavy atom. The molecule has 2 saturated heterocycles. The number of ketones is 1. The molecule has 2 aliphatic heterocycles. The summed E-state index contributed by atoms with van der Waals surface area (Å²) in [7, 11) is 0. The molecule has 2 fully saturated rings. The minimum atomic E-state index is -0.451. The largest absolute Gasteiger partial charge is 0.353 e. The summed E-state index contributed by atoms with van der Waals surface area (Å²) in [5, 5.41) is 0. The molecule has 2 amide bonds. The van der Waals surface area contributed by atoms with E-state index in [0.29, 0.717) is 38.2 Å². The molecule has 32 heavy (non-hydrogen) atoms.